The fourth-order valence-corrected chi connectivity index (χ4v) is 1.59. The highest BCUT2D eigenvalue weighted by molar-refractivity contribution is 5.78. The second kappa shape index (κ2) is 8.48. The van der Waals surface area contributed by atoms with E-state index in [-0.39, 0.29) is 0 Å². The van der Waals surface area contributed by atoms with Gasteiger partial charge in [0.05, 0.1) is 6.61 Å². The average molecular weight is 245 g/mol. The minimum Gasteiger partial charge on any atom is -0.480 e. The Kier molecular flexibility index (Phi) is 8.17. The molecule has 17 heavy (non-hydrogen) atoms. The third kappa shape index (κ3) is 7.34. The summed E-state index contributed by atoms with van der Waals surface area (Å²) < 4.78 is 5.44. The third-order valence-electron chi connectivity index (χ3n) is 2.82. The van der Waals surface area contributed by atoms with Gasteiger partial charge >= 0.3 is 5.97 Å². The Morgan fingerprint density at radius 1 is 1.41 bits per heavy atom. The molecule has 0 fully saturated rings. The fraction of sp³-hybridized carbons (Fsp3) is 0.923. The van der Waals surface area contributed by atoms with Crippen molar-refractivity contribution in [3.8, 4) is 0 Å². The first-order valence-electron chi connectivity index (χ1n) is 6.48. The number of aliphatic carboxylic acids is 1. The number of ether oxygens (including phenoxy) is 1. The van der Waals surface area contributed by atoms with Crippen molar-refractivity contribution in [3.05, 3.63) is 0 Å². The van der Waals surface area contributed by atoms with Crippen LogP contribution < -0.4 is 5.32 Å². The molecule has 1 unspecified atom stereocenters. The van der Waals surface area contributed by atoms with Gasteiger partial charge in [-0.3, -0.25) is 10.1 Å². The minimum atomic E-state index is -0.823. The molecule has 0 radical (unpaired) electrons. The van der Waals surface area contributed by atoms with Crippen LogP contribution in [0.2, 0.25) is 0 Å². The summed E-state index contributed by atoms with van der Waals surface area (Å²) in [5.41, 5.74) is -0.823. The highest BCUT2D eigenvalue weighted by Gasteiger charge is 2.30. The van der Waals surface area contributed by atoms with Crippen LogP contribution in [0, 0.1) is 5.92 Å². The highest BCUT2D eigenvalue weighted by atomic mass is 16.5. The molecule has 0 spiro atoms. The molecule has 4 nitrogen and oxygen atoms in total. The van der Waals surface area contributed by atoms with Crippen LogP contribution in [-0.4, -0.2) is 36.4 Å². The average Bonchev–Trinajstić information content (AvgIpc) is 2.23. The van der Waals surface area contributed by atoms with Crippen molar-refractivity contribution in [2.45, 2.75) is 52.5 Å². The van der Waals surface area contributed by atoms with Gasteiger partial charge in [-0.15, -0.1) is 0 Å². The van der Waals surface area contributed by atoms with Crippen LogP contribution in [0.15, 0.2) is 0 Å². The van der Waals surface area contributed by atoms with Crippen LogP contribution in [0.1, 0.15) is 47.0 Å². The summed E-state index contributed by atoms with van der Waals surface area (Å²) in [6, 6.07) is 0. The molecule has 102 valence electrons. The monoisotopic (exact) mass is 245 g/mol. The molecule has 0 rings (SSSR count). The van der Waals surface area contributed by atoms with Gasteiger partial charge < -0.3 is 9.84 Å². The summed E-state index contributed by atoms with van der Waals surface area (Å²) in [5.74, 6) is -0.145. The summed E-state index contributed by atoms with van der Waals surface area (Å²) in [5, 5.41) is 12.2. The van der Waals surface area contributed by atoms with Crippen LogP contribution in [0.5, 0.6) is 0 Å². The minimum absolute atomic E-state index is 0.569. The smallest absolute Gasteiger partial charge is 0.323 e. The number of hydrogen-bond donors (Lipinski definition) is 2. The molecule has 0 aromatic rings. The Morgan fingerprint density at radius 2 is 2.06 bits per heavy atom. The summed E-state index contributed by atoms with van der Waals surface area (Å²) in [7, 11) is 0. The molecule has 0 aromatic carbocycles. The lowest BCUT2D eigenvalue weighted by molar-refractivity contribution is -0.144. The van der Waals surface area contributed by atoms with Gasteiger partial charge in [0.25, 0.3) is 0 Å². The van der Waals surface area contributed by atoms with Gasteiger partial charge in [-0.2, -0.15) is 0 Å². The number of carboxylic acid groups (broad SMARTS) is 1. The molecule has 0 amide bonds. The van der Waals surface area contributed by atoms with E-state index in [1.807, 2.05) is 6.92 Å². The molecule has 0 aliphatic carbocycles. The lowest BCUT2D eigenvalue weighted by atomic mass is 9.96. The van der Waals surface area contributed by atoms with E-state index in [2.05, 4.69) is 19.2 Å². The Balaban J connectivity index is 3.73. The maximum Gasteiger partial charge on any atom is 0.323 e. The summed E-state index contributed by atoms with van der Waals surface area (Å²) in [6.07, 6.45) is 2.53. The lowest BCUT2D eigenvalue weighted by Crippen LogP contribution is -2.50. The van der Waals surface area contributed by atoms with Gasteiger partial charge in [-0.05, 0) is 25.7 Å². The molecule has 0 saturated heterocycles. The fourth-order valence-electron chi connectivity index (χ4n) is 1.59. The van der Waals surface area contributed by atoms with E-state index in [1.165, 1.54) is 0 Å². The molecule has 1 atom stereocenters. The molecule has 0 aromatic heterocycles. The molecule has 0 bridgehead atoms. The van der Waals surface area contributed by atoms with E-state index in [4.69, 9.17) is 9.84 Å². The first-order valence-corrected chi connectivity index (χ1v) is 6.48. The zero-order chi connectivity index (χ0) is 13.3. The Labute approximate surface area is 105 Å². The van der Waals surface area contributed by atoms with Gasteiger partial charge in [-0.1, -0.05) is 27.2 Å². The summed E-state index contributed by atoms with van der Waals surface area (Å²) >= 11 is 0. The Bertz CT molecular complexity index is 219. The maximum absolute atomic E-state index is 11.1. The first kappa shape index (κ1) is 16.4. The molecule has 2 N–H and O–H groups in total. The van der Waals surface area contributed by atoms with Crippen LogP contribution in [0.25, 0.3) is 0 Å². The molecule has 0 saturated carbocycles. The largest absolute Gasteiger partial charge is 0.480 e. The number of nitrogens with one attached hydrogen (secondary N) is 1. The Morgan fingerprint density at radius 3 is 2.53 bits per heavy atom. The molecule has 0 heterocycles. The van der Waals surface area contributed by atoms with Crippen molar-refractivity contribution in [2.75, 3.05) is 19.8 Å². The van der Waals surface area contributed by atoms with Gasteiger partial charge in [0.1, 0.15) is 5.54 Å². The molecule has 4 heteroatoms. The normalized spacial score (nSPS) is 14.9. The van der Waals surface area contributed by atoms with Crippen molar-refractivity contribution in [1.29, 1.82) is 0 Å². The molecule has 0 aliphatic heterocycles. The highest BCUT2D eigenvalue weighted by Crippen LogP contribution is 2.12. The second-order valence-electron chi connectivity index (χ2n) is 5.11. The van der Waals surface area contributed by atoms with E-state index in [0.29, 0.717) is 25.5 Å². The van der Waals surface area contributed by atoms with E-state index >= 15 is 0 Å². The maximum atomic E-state index is 11.1. The zero-order valence-corrected chi connectivity index (χ0v) is 11.6. The Hall–Kier alpha value is -0.610. The van der Waals surface area contributed by atoms with Crippen molar-refractivity contribution in [1.82, 2.24) is 5.32 Å². The SMILES string of the molecule is CCCC(C)(NCCOCCC(C)C)C(=O)O. The molecular formula is C13H27NO3. The number of rotatable bonds is 10. The molecule has 0 aliphatic rings. The van der Waals surface area contributed by atoms with E-state index in [1.54, 1.807) is 6.92 Å². The second-order valence-corrected chi connectivity index (χ2v) is 5.11. The van der Waals surface area contributed by atoms with Crippen LogP contribution in [0.4, 0.5) is 0 Å². The van der Waals surface area contributed by atoms with E-state index < -0.39 is 11.5 Å². The summed E-state index contributed by atoms with van der Waals surface area (Å²) in [4.78, 5) is 11.1. The van der Waals surface area contributed by atoms with Gasteiger partial charge in [0.15, 0.2) is 0 Å². The number of carbonyl (C=O) groups is 1. The van der Waals surface area contributed by atoms with E-state index in [0.717, 1.165) is 19.4 Å². The zero-order valence-electron chi connectivity index (χ0n) is 11.6. The lowest BCUT2D eigenvalue weighted by Gasteiger charge is -2.25. The predicted molar refractivity (Wildman–Crippen MR) is 69.2 cm³/mol. The topological polar surface area (TPSA) is 58.6 Å². The van der Waals surface area contributed by atoms with Crippen molar-refractivity contribution in [3.63, 3.8) is 0 Å². The van der Waals surface area contributed by atoms with Gasteiger partial charge in [0.2, 0.25) is 0 Å². The van der Waals surface area contributed by atoms with Crippen molar-refractivity contribution in [2.24, 2.45) is 5.92 Å². The first-order chi connectivity index (χ1) is 7.92. The number of hydrogen-bond acceptors (Lipinski definition) is 3. The quantitative estimate of drug-likeness (QED) is 0.580. The van der Waals surface area contributed by atoms with Gasteiger partial charge in [-0.25, -0.2) is 0 Å². The number of carboxylic acids is 1. The van der Waals surface area contributed by atoms with Crippen molar-refractivity contribution >= 4 is 5.97 Å². The summed E-state index contributed by atoms with van der Waals surface area (Å²) in [6.45, 7) is 9.93. The predicted octanol–water partition coefficient (Wildman–Crippen LogP) is 2.28. The standard InChI is InChI=1S/C13H27NO3/c1-5-7-13(4,12(15)16)14-8-10-17-9-6-11(2)3/h11,14H,5-10H2,1-4H3,(H,15,16). The van der Waals surface area contributed by atoms with Crippen molar-refractivity contribution < 1.29 is 14.6 Å². The molecular weight excluding hydrogens is 218 g/mol. The van der Waals surface area contributed by atoms with E-state index in [9.17, 15) is 4.79 Å². The van der Waals surface area contributed by atoms with Crippen LogP contribution in [0.3, 0.4) is 0 Å². The van der Waals surface area contributed by atoms with Crippen LogP contribution >= 0.6 is 0 Å². The van der Waals surface area contributed by atoms with Gasteiger partial charge in [0, 0.05) is 13.2 Å². The third-order valence-corrected chi connectivity index (χ3v) is 2.82. The van der Waals surface area contributed by atoms with Crippen LogP contribution in [-0.2, 0) is 9.53 Å².